The summed E-state index contributed by atoms with van der Waals surface area (Å²) < 4.78 is 5.60. The van der Waals surface area contributed by atoms with Crippen LogP contribution < -0.4 is 10.5 Å². The third kappa shape index (κ3) is 3.13. The molecule has 18 heavy (non-hydrogen) atoms. The van der Waals surface area contributed by atoms with Crippen LogP contribution in [0.1, 0.15) is 18.7 Å². The Bertz CT molecular complexity index is 541. The van der Waals surface area contributed by atoms with Crippen LogP contribution >= 0.6 is 23.2 Å². The van der Waals surface area contributed by atoms with Gasteiger partial charge in [0.05, 0.1) is 16.9 Å². The van der Waals surface area contributed by atoms with E-state index < -0.39 is 0 Å². The van der Waals surface area contributed by atoms with Gasteiger partial charge in [-0.3, -0.25) is 4.98 Å². The van der Waals surface area contributed by atoms with Crippen LogP contribution in [-0.2, 0) is 0 Å². The summed E-state index contributed by atoms with van der Waals surface area (Å²) >= 11 is 11.8. The monoisotopic (exact) mass is 282 g/mol. The van der Waals surface area contributed by atoms with Crippen molar-refractivity contribution in [1.82, 2.24) is 4.98 Å². The van der Waals surface area contributed by atoms with Crippen LogP contribution in [0, 0.1) is 0 Å². The lowest BCUT2D eigenvalue weighted by Crippen LogP contribution is -2.06. The largest absolute Gasteiger partial charge is 0.454 e. The fourth-order valence-corrected chi connectivity index (χ4v) is 1.85. The van der Waals surface area contributed by atoms with E-state index in [1.807, 2.05) is 13.0 Å². The van der Waals surface area contributed by atoms with Gasteiger partial charge in [-0.05, 0) is 37.3 Å². The van der Waals surface area contributed by atoms with Gasteiger partial charge in [0.1, 0.15) is 11.5 Å². The van der Waals surface area contributed by atoms with Crippen molar-refractivity contribution < 1.29 is 4.74 Å². The number of halogens is 2. The second-order valence-electron chi connectivity index (χ2n) is 3.88. The second-order valence-corrected chi connectivity index (χ2v) is 4.73. The Morgan fingerprint density at radius 3 is 2.56 bits per heavy atom. The number of rotatable bonds is 3. The molecule has 94 valence electrons. The highest BCUT2D eigenvalue weighted by molar-refractivity contribution is 6.35. The van der Waals surface area contributed by atoms with Crippen molar-refractivity contribution in [1.29, 1.82) is 0 Å². The smallest absolute Gasteiger partial charge is 0.146 e. The van der Waals surface area contributed by atoms with E-state index in [0.29, 0.717) is 21.5 Å². The summed E-state index contributed by atoms with van der Waals surface area (Å²) in [4.78, 5) is 4.20. The number of benzene rings is 1. The first-order valence-electron chi connectivity index (χ1n) is 5.40. The molecule has 1 unspecified atom stereocenters. The van der Waals surface area contributed by atoms with E-state index in [2.05, 4.69) is 4.98 Å². The molecule has 0 saturated carbocycles. The average molecular weight is 283 g/mol. The summed E-state index contributed by atoms with van der Waals surface area (Å²) in [6.07, 6.45) is 1.61. The van der Waals surface area contributed by atoms with Gasteiger partial charge in [0.25, 0.3) is 0 Å². The van der Waals surface area contributed by atoms with Crippen LogP contribution in [0.4, 0.5) is 0 Å². The van der Waals surface area contributed by atoms with E-state index in [1.165, 1.54) is 0 Å². The maximum atomic E-state index is 6.01. The zero-order chi connectivity index (χ0) is 13.1. The highest BCUT2D eigenvalue weighted by atomic mass is 35.5. The number of nitrogens with two attached hydrogens (primary N) is 1. The molecule has 5 heteroatoms. The first-order valence-corrected chi connectivity index (χ1v) is 6.16. The molecule has 1 heterocycles. The zero-order valence-electron chi connectivity index (χ0n) is 9.73. The van der Waals surface area contributed by atoms with Gasteiger partial charge in [0, 0.05) is 11.1 Å². The van der Waals surface area contributed by atoms with Crippen molar-refractivity contribution >= 4 is 23.2 Å². The summed E-state index contributed by atoms with van der Waals surface area (Å²) in [6, 6.07) is 8.58. The average Bonchev–Trinajstić information content (AvgIpc) is 2.33. The van der Waals surface area contributed by atoms with Crippen molar-refractivity contribution in [2.24, 2.45) is 5.73 Å². The Morgan fingerprint density at radius 1 is 1.22 bits per heavy atom. The first kappa shape index (κ1) is 13.1. The van der Waals surface area contributed by atoms with Gasteiger partial charge in [-0.25, -0.2) is 0 Å². The van der Waals surface area contributed by atoms with Crippen LogP contribution in [0.15, 0.2) is 36.5 Å². The number of aromatic nitrogens is 1. The minimum Gasteiger partial charge on any atom is -0.454 e. The maximum Gasteiger partial charge on any atom is 0.146 e. The molecule has 0 amide bonds. The predicted octanol–water partition coefficient (Wildman–Crippen LogP) is 4.20. The molecule has 2 rings (SSSR count). The summed E-state index contributed by atoms with van der Waals surface area (Å²) in [6.45, 7) is 1.87. The Hall–Kier alpha value is -1.29. The zero-order valence-corrected chi connectivity index (χ0v) is 11.2. The minimum absolute atomic E-state index is 0.0989. The van der Waals surface area contributed by atoms with E-state index >= 15 is 0 Å². The third-order valence-electron chi connectivity index (χ3n) is 2.35. The molecule has 0 aliphatic heterocycles. The molecule has 0 bridgehead atoms. The van der Waals surface area contributed by atoms with Gasteiger partial charge >= 0.3 is 0 Å². The highest BCUT2D eigenvalue weighted by Gasteiger charge is 2.05. The number of hydrogen-bond donors (Lipinski definition) is 1. The Balaban J connectivity index is 2.18. The summed E-state index contributed by atoms with van der Waals surface area (Å²) in [5.41, 5.74) is 6.53. The number of hydrogen-bond acceptors (Lipinski definition) is 3. The van der Waals surface area contributed by atoms with Gasteiger partial charge < -0.3 is 10.5 Å². The van der Waals surface area contributed by atoms with Crippen LogP contribution in [0.25, 0.3) is 0 Å². The summed E-state index contributed by atoms with van der Waals surface area (Å²) in [5.74, 6) is 1.14. The van der Waals surface area contributed by atoms with Gasteiger partial charge in [-0.1, -0.05) is 23.2 Å². The van der Waals surface area contributed by atoms with Gasteiger partial charge in [-0.2, -0.15) is 0 Å². The van der Waals surface area contributed by atoms with Crippen LogP contribution in [0.3, 0.4) is 0 Å². The van der Waals surface area contributed by atoms with Gasteiger partial charge in [0.15, 0.2) is 0 Å². The van der Waals surface area contributed by atoms with Crippen molar-refractivity contribution in [3.8, 4) is 11.5 Å². The van der Waals surface area contributed by atoms with Crippen molar-refractivity contribution in [3.05, 3.63) is 52.3 Å². The SMILES string of the molecule is CC(N)c1ccc(Oc2ccc(Cl)cc2Cl)cn1. The Labute approximate surface area is 115 Å². The van der Waals surface area contributed by atoms with Gasteiger partial charge in [0.2, 0.25) is 0 Å². The molecule has 2 aromatic rings. The standard InChI is InChI=1S/C13H12Cl2N2O/c1-8(16)12-4-3-10(7-17-12)18-13-5-2-9(14)6-11(13)15/h2-8H,16H2,1H3. The normalized spacial score (nSPS) is 12.2. The Morgan fingerprint density at radius 2 is 2.00 bits per heavy atom. The molecule has 0 aliphatic carbocycles. The van der Waals surface area contributed by atoms with E-state index in [1.54, 1.807) is 30.5 Å². The second kappa shape index (κ2) is 5.57. The molecule has 0 radical (unpaired) electrons. The number of ether oxygens (including phenoxy) is 1. The molecule has 0 aliphatic rings. The van der Waals surface area contributed by atoms with Gasteiger partial charge in [-0.15, -0.1) is 0 Å². The molecule has 1 aromatic carbocycles. The topological polar surface area (TPSA) is 48.1 Å². The quantitative estimate of drug-likeness (QED) is 0.918. The maximum absolute atomic E-state index is 6.01. The molecule has 3 nitrogen and oxygen atoms in total. The van der Waals surface area contributed by atoms with Crippen LogP contribution in [-0.4, -0.2) is 4.98 Å². The van der Waals surface area contributed by atoms with Crippen LogP contribution in [0.2, 0.25) is 10.0 Å². The first-order chi connectivity index (χ1) is 8.56. The number of pyridine rings is 1. The van der Waals surface area contributed by atoms with E-state index in [0.717, 1.165) is 5.69 Å². The van der Waals surface area contributed by atoms with Crippen LogP contribution in [0.5, 0.6) is 11.5 Å². The third-order valence-corrected chi connectivity index (χ3v) is 2.88. The number of nitrogens with zero attached hydrogens (tertiary/aromatic N) is 1. The molecular weight excluding hydrogens is 271 g/mol. The van der Waals surface area contributed by atoms with E-state index in [-0.39, 0.29) is 6.04 Å². The summed E-state index contributed by atoms with van der Waals surface area (Å²) in [7, 11) is 0. The molecule has 1 atom stereocenters. The fourth-order valence-electron chi connectivity index (χ4n) is 1.41. The molecule has 0 spiro atoms. The molecule has 2 N–H and O–H groups in total. The molecule has 0 fully saturated rings. The predicted molar refractivity (Wildman–Crippen MR) is 73.4 cm³/mol. The molecule has 1 aromatic heterocycles. The van der Waals surface area contributed by atoms with Crippen molar-refractivity contribution in [2.75, 3.05) is 0 Å². The van der Waals surface area contributed by atoms with Crippen molar-refractivity contribution in [2.45, 2.75) is 13.0 Å². The Kier molecular flexibility index (Phi) is 4.07. The minimum atomic E-state index is -0.0989. The lowest BCUT2D eigenvalue weighted by molar-refractivity contribution is 0.479. The lowest BCUT2D eigenvalue weighted by Gasteiger charge is -2.09. The van der Waals surface area contributed by atoms with E-state index in [4.69, 9.17) is 33.7 Å². The lowest BCUT2D eigenvalue weighted by atomic mass is 10.2. The fraction of sp³-hybridized carbons (Fsp3) is 0.154. The molecule has 0 saturated heterocycles. The highest BCUT2D eigenvalue weighted by Crippen LogP contribution is 2.31. The molecular formula is C13H12Cl2N2O. The van der Waals surface area contributed by atoms with E-state index in [9.17, 15) is 0 Å². The summed E-state index contributed by atoms with van der Waals surface area (Å²) in [5, 5.41) is 1.02. The van der Waals surface area contributed by atoms with Crippen molar-refractivity contribution in [3.63, 3.8) is 0 Å².